The molecule has 5 nitrogen and oxygen atoms in total. The minimum absolute atomic E-state index is 0. The topological polar surface area (TPSA) is 68.2 Å². The van der Waals surface area contributed by atoms with Crippen LogP contribution < -0.4 is 5.73 Å². The van der Waals surface area contributed by atoms with Crippen molar-refractivity contribution in [3.05, 3.63) is 11.7 Å². The van der Waals surface area contributed by atoms with E-state index < -0.39 is 0 Å². The molecule has 1 aliphatic rings. The Labute approximate surface area is 121 Å². The van der Waals surface area contributed by atoms with Crippen molar-refractivity contribution >= 4 is 12.4 Å². The van der Waals surface area contributed by atoms with E-state index in [-0.39, 0.29) is 18.4 Å². The van der Waals surface area contributed by atoms with Crippen LogP contribution in [0.5, 0.6) is 0 Å². The number of likely N-dealkylation sites (tertiary alicyclic amines) is 1. The normalized spacial score (nSPS) is 22.3. The van der Waals surface area contributed by atoms with Gasteiger partial charge in [0.15, 0.2) is 5.82 Å². The van der Waals surface area contributed by atoms with Crippen LogP contribution >= 0.6 is 12.4 Å². The third-order valence-corrected chi connectivity index (χ3v) is 3.64. The summed E-state index contributed by atoms with van der Waals surface area (Å²) in [7, 11) is 0. The van der Waals surface area contributed by atoms with E-state index >= 15 is 0 Å². The molecule has 0 spiro atoms. The molecule has 110 valence electrons. The molecule has 19 heavy (non-hydrogen) atoms. The number of halogens is 1. The number of hydrogen-bond donors (Lipinski definition) is 1. The Bertz CT molecular complexity index is 380. The third kappa shape index (κ3) is 4.44. The maximum atomic E-state index is 5.99. The molecule has 6 heteroatoms. The summed E-state index contributed by atoms with van der Waals surface area (Å²) in [5.74, 6) is 2.43. The maximum absolute atomic E-state index is 5.99. The van der Waals surface area contributed by atoms with Crippen LogP contribution in [0.2, 0.25) is 0 Å². The molecule has 1 aromatic rings. The molecule has 0 bridgehead atoms. The van der Waals surface area contributed by atoms with Gasteiger partial charge in [0.2, 0.25) is 5.89 Å². The predicted molar refractivity (Wildman–Crippen MR) is 77.3 cm³/mol. The second-order valence-corrected chi connectivity index (χ2v) is 5.70. The Balaban J connectivity index is 0.00000180. The van der Waals surface area contributed by atoms with E-state index in [0.717, 1.165) is 31.3 Å². The van der Waals surface area contributed by atoms with Crippen molar-refractivity contribution in [2.75, 3.05) is 13.1 Å². The van der Waals surface area contributed by atoms with Gasteiger partial charge < -0.3 is 10.3 Å². The Morgan fingerprint density at radius 3 is 2.74 bits per heavy atom. The van der Waals surface area contributed by atoms with E-state index in [1.54, 1.807) is 0 Å². The zero-order valence-electron chi connectivity index (χ0n) is 12.0. The van der Waals surface area contributed by atoms with Crippen LogP contribution in [0.15, 0.2) is 4.52 Å². The molecule has 0 amide bonds. The smallest absolute Gasteiger partial charge is 0.240 e. The lowest BCUT2D eigenvalue weighted by atomic mass is 9.92. The molecule has 2 N–H and O–H groups in total. The zero-order chi connectivity index (χ0) is 13.1. The Morgan fingerprint density at radius 2 is 2.16 bits per heavy atom. The fourth-order valence-corrected chi connectivity index (χ4v) is 2.42. The van der Waals surface area contributed by atoms with Gasteiger partial charge in [-0.05, 0) is 32.2 Å². The predicted octanol–water partition coefficient (Wildman–Crippen LogP) is 2.17. The van der Waals surface area contributed by atoms with Crippen LogP contribution in [-0.4, -0.2) is 34.2 Å². The van der Waals surface area contributed by atoms with Gasteiger partial charge in [0, 0.05) is 18.5 Å². The summed E-state index contributed by atoms with van der Waals surface area (Å²) in [6.45, 7) is 9.13. The Kier molecular flexibility index (Phi) is 6.23. The average Bonchev–Trinajstić information content (AvgIpc) is 2.78. The molecular formula is C13H25ClN4O. The quantitative estimate of drug-likeness (QED) is 0.920. The Morgan fingerprint density at radius 1 is 1.42 bits per heavy atom. The summed E-state index contributed by atoms with van der Waals surface area (Å²) in [6.07, 6.45) is 2.44. The second kappa shape index (κ2) is 7.22. The zero-order valence-corrected chi connectivity index (χ0v) is 12.8. The van der Waals surface area contributed by atoms with Crippen molar-refractivity contribution in [1.29, 1.82) is 0 Å². The van der Waals surface area contributed by atoms with Crippen LogP contribution in [0.25, 0.3) is 0 Å². The molecule has 0 saturated carbocycles. The first kappa shape index (κ1) is 16.4. The largest absolute Gasteiger partial charge is 0.338 e. The average molecular weight is 289 g/mol. The lowest BCUT2D eigenvalue weighted by molar-refractivity contribution is 0.139. The van der Waals surface area contributed by atoms with Crippen molar-refractivity contribution in [1.82, 2.24) is 15.0 Å². The highest BCUT2D eigenvalue weighted by atomic mass is 35.5. The summed E-state index contributed by atoms with van der Waals surface area (Å²) >= 11 is 0. The first-order valence-electron chi connectivity index (χ1n) is 6.86. The molecule has 1 aliphatic heterocycles. The van der Waals surface area contributed by atoms with E-state index in [9.17, 15) is 0 Å². The highest BCUT2D eigenvalue weighted by Crippen LogP contribution is 2.20. The van der Waals surface area contributed by atoms with Gasteiger partial charge in [-0.1, -0.05) is 19.0 Å². The van der Waals surface area contributed by atoms with Crippen LogP contribution in [0.4, 0.5) is 0 Å². The van der Waals surface area contributed by atoms with Gasteiger partial charge in [0.1, 0.15) is 0 Å². The number of nitrogens with two attached hydrogens (primary N) is 1. The molecule has 0 aromatic carbocycles. The third-order valence-electron chi connectivity index (χ3n) is 3.64. The number of piperidine rings is 1. The highest BCUT2D eigenvalue weighted by molar-refractivity contribution is 5.85. The molecule has 1 aromatic heterocycles. The minimum Gasteiger partial charge on any atom is -0.338 e. The minimum atomic E-state index is 0. The SMILES string of the molecule is CC(C)c1noc(CN2CCCC(C(C)N)C2)n1.Cl. The van der Waals surface area contributed by atoms with Crippen LogP contribution in [0.1, 0.15) is 51.2 Å². The summed E-state index contributed by atoms with van der Waals surface area (Å²) in [6, 6.07) is 0.265. The van der Waals surface area contributed by atoms with Crippen molar-refractivity contribution in [2.45, 2.75) is 52.1 Å². The van der Waals surface area contributed by atoms with Gasteiger partial charge in [0.25, 0.3) is 0 Å². The lowest BCUT2D eigenvalue weighted by Gasteiger charge is -2.33. The first-order chi connectivity index (χ1) is 8.56. The van der Waals surface area contributed by atoms with Crippen LogP contribution in [0, 0.1) is 5.92 Å². The van der Waals surface area contributed by atoms with E-state index in [4.69, 9.17) is 10.3 Å². The van der Waals surface area contributed by atoms with Gasteiger partial charge >= 0.3 is 0 Å². The Hall–Kier alpha value is -0.650. The highest BCUT2D eigenvalue weighted by Gasteiger charge is 2.24. The van der Waals surface area contributed by atoms with Gasteiger partial charge in [-0.25, -0.2) is 0 Å². The molecule has 0 aliphatic carbocycles. The molecule has 0 radical (unpaired) electrons. The lowest BCUT2D eigenvalue weighted by Crippen LogP contribution is -2.41. The van der Waals surface area contributed by atoms with E-state index in [1.165, 1.54) is 12.8 Å². The molecule has 1 fully saturated rings. The van der Waals surface area contributed by atoms with E-state index in [2.05, 4.69) is 35.8 Å². The van der Waals surface area contributed by atoms with E-state index in [0.29, 0.717) is 11.8 Å². The fourth-order valence-electron chi connectivity index (χ4n) is 2.42. The van der Waals surface area contributed by atoms with Gasteiger partial charge in [-0.2, -0.15) is 4.98 Å². The fraction of sp³-hybridized carbons (Fsp3) is 0.846. The van der Waals surface area contributed by atoms with Gasteiger partial charge in [-0.15, -0.1) is 12.4 Å². The number of nitrogens with zero attached hydrogens (tertiary/aromatic N) is 3. The van der Waals surface area contributed by atoms with Crippen molar-refractivity contribution < 1.29 is 4.52 Å². The van der Waals surface area contributed by atoms with Crippen LogP contribution in [0.3, 0.4) is 0 Å². The molecule has 2 unspecified atom stereocenters. The van der Waals surface area contributed by atoms with Crippen molar-refractivity contribution in [3.63, 3.8) is 0 Å². The molecule has 1 saturated heterocycles. The van der Waals surface area contributed by atoms with Gasteiger partial charge in [0.05, 0.1) is 6.54 Å². The monoisotopic (exact) mass is 288 g/mol. The summed E-state index contributed by atoms with van der Waals surface area (Å²) in [5, 5.41) is 4.00. The molecule has 2 rings (SSSR count). The number of rotatable bonds is 4. The van der Waals surface area contributed by atoms with Crippen molar-refractivity contribution in [2.24, 2.45) is 11.7 Å². The molecular weight excluding hydrogens is 264 g/mol. The van der Waals surface area contributed by atoms with Gasteiger partial charge in [-0.3, -0.25) is 4.90 Å². The molecule has 2 atom stereocenters. The van der Waals surface area contributed by atoms with Crippen LogP contribution in [-0.2, 0) is 6.54 Å². The molecule has 2 heterocycles. The summed E-state index contributed by atoms with van der Waals surface area (Å²) in [4.78, 5) is 6.79. The van der Waals surface area contributed by atoms with E-state index in [1.807, 2.05) is 0 Å². The summed E-state index contributed by atoms with van der Waals surface area (Å²) in [5.41, 5.74) is 5.99. The summed E-state index contributed by atoms with van der Waals surface area (Å²) < 4.78 is 5.29. The second-order valence-electron chi connectivity index (χ2n) is 5.70. The number of aromatic nitrogens is 2. The van der Waals surface area contributed by atoms with Crippen molar-refractivity contribution in [3.8, 4) is 0 Å². The maximum Gasteiger partial charge on any atom is 0.240 e. The standard InChI is InChI=1S/C13H24N4O.ClH/c1-9(2)13-15-12(18-16-13)8-17-6-4-5-11(7-17)10(3)14;/h9-11H,4-8,14H2,1-3H3;1H. The number of hydrogen-bond acceptors (Lipinski definition) is 5. The first-order valence-corrected chi connectivity index (χ1v) is 6.86.